The maximum Gasteiger partial charge on any atom is 0.250 e. The van der Waals surface area contributed by atoms with Crippen LogP contribution in [0.2, 0.25) is 0 Å². The summed E-state index contributed by atoms with van der Waals surface area (Å²) < 4.78 is 1.65. The van der Waals surface area contributed by atoms with Crippen molar-refractivity contribution in [3.63, 3.8) is 0 Å². The van der Waals surface area contributed by atoms with Crippen LogP contribution in [0.5, 0.6) is 0 Å². The summed E-state index contributed by atoms with van der Waals surface area (Å²) in [6.07, 6.45) is 1.76. The molecular formula is C17H22ClN3O2. The van der Waals surface area contributed by atoms with Crippen molar-refractivity contribution in [2.75, 3.05) is 0 Å². The van der Waals surface area contributed by atoms with Crippen molar-refractivity contribution in [2.45, 2.75) is 32.5 Å². The first kappa shape index (κ1) is 18.9. The number of amides is 1. The summed E-state index contributed by atoms with van der Waals surface area (Å²) in [7, 11) is 0. The van der Waals surface area contributed by atoms with E-state index < -0.39 is 5.54 Å². The normalized spacial score (nSPS) is 10.7. The summed E-state index contributed by atoms with van der Waals surface area (Å²) in [5, 5.41) is 2.80. The molecule has 0 radical (unpaired) electrons. The van der Waals surface area contributed by atoms with Crippen LogP contribution in [0.3, 0.4) is 0 Å². The lowest BCUT2D eigenvalue weighted by atomic mass is 10.1. The van der Waals surface area contributed by atoms with Gasteiger partial charge in [0.1, 0.15) is 0 Å². The molecule has 0 spiro atoms. The topological polar surface area (TPSA) is 77.1 Å². The Morgan fingerprint density at radius 2 is 1.74 bits per heavy atom. The SMILES string of the molecule is CC(C)(N)C(=O)NCc1ccc(Cn2ccccc2=O)cc1.Cl. The molecule has 0 aliphatic rings. The molecule has 1 aromatic heterocycles. The molecule has 0 fully saturated rings. The van der Waals surface area contributed by atoms with Gasteiger partial charge in [0.25, 0.3) is 5.56 Å². The van der Waals surface area contributed by atoms with E-state index in [9.17, 15) is 9.59 Å². The van der Waals surface area contributed by atoms with Crippen molar-refractivity contribution < 1.29 is 4.79 Å². The smallest absolute Gasteiger partial charge is 0.250 e. The molecule has 1 amide bonds. The van der Waals surface area contributed by atoms with Gasteiger partial charge in [-0.25, -0.2) is 0 Å². The van der Waals surface area contributed by atoms with Gasteiger partial charge in [0, 0.05) is 18.8 Å². The average Bonchev–Trinajstić information content (AvgIpc) is 2.47. The number of carbonyl (C=O) groups is 1. The van der Waals surface area contributed by atoms with Crippen molar-refractivity contribution >= 4 is 18.3 Å². The standard InChI is InChI=1S/C17H21N3O2.ClH/c1-17(2,18)16(22)19-11-13-6-8-14(9-7-13)12-20-10-4-3-5-15(20)21;/h3-10H,11-12,18H2,1-2H3,(H,19,22);1H. The Kier molecular flexibility index (Phi) is 6.54. The highest BCUT2D eigenvalue weighted by atomic mass is 35.5. The maximum atomic E-state index is 11.7. The fourth-order valence-corrected chi connectivity index (χ4v) is 1.96. The van der Waals surface area contributed by atoms with E-state index in [2.05, 4.69) is 5.32 Å². The molecule has 1 heterocycles. The molecule has 5 nitrogen and oxygen atoms in total. The van der Waals surface area contributed by atoms with Gasteiger partial charge >= 0.3 is 0 Å². The monoisotopic (exact) mass is 335 g/mol. The zero-order valence-electron chi connectivity index (χ0n) is 13.3. The van der Waals surface area contributed by atoms with E-state index in [1.54, 1.807) is 36.7 Å². The van der Waals surface area contributed by atoms with Gasteiger partial charge < -0.3 is 15.6 Å². The highest BCUT2D eigenvalue weighted by Gasteiger charge is 2.20. The molecule has 3 N–H and O–H groups in total. The Hall–Kier alpha value is -2.11. The van der Waals surface area contributed by atoms with Crippen molar-refractivity contribution in [3.8, 4) is 0 Å². The zero-order valence-corrected chi connectivity index (χ0v) is 14.1. The molecule has 0 bridgehead atoms. The van der Waals surface area contributed by atoms with Gasteiger partial charge in [-0.2, -0.15) is 0 Å². The Balaban J connectivity index is 0.00000264. The summed E-state index contributed by atoms with van der Waals surface area (Å²) in [6, 6.07) is 12.9. The summed E-state index contributed by atoms with van der Waals surface area (Å²) in [5.74, 6) is -0.188. The number of rotatable bonds is 5. The summed E-state index contributed by atoms with van der Waals surface area (Å²) in [5.41, 5.74) is 6.84. The number of nitrogens with one attached hydrogen (secondary N) is 1. The van der Waals surface area contributed by atoms with Crippen LogP contribution in [0.25, 0.3) is 0 Å². The number of nitrogens with two attached hydrogens (primary N) is 1. The number of halogens is 1. The molecule has 0 saturated heterocycles. The Morgan fingerprint density at radius 1 is 1.13 bits per heavy atom. The highest BCUT2D eigenvalue weighted by molar-refractivity contribution is 5.85. The van der Waals surface area contributed by atoms with E-state index >= 15 is 0 Å². The number of carbonyl (C=O) groups excluding carboxylic acids is 1. The van der Waals surface area contributed by atoms with E-state index in [-0.39, 0.29) is 23.9 Å². The van der Waals surface area contributed by atoms with Crippen LogP contribution >= 0.6 is 12.4 Å². The summed E-state index contributed by atoms with van der Waals surface area (Å²) in [6.45, 7) is 4.30. The third-order valence-corrected chi connectivity index (χ3v) is 3.31. The van der Waals surface area contributed by atoms with Crippen LogP contribution in [-0.4, -0.2) is 16.0 Å². The minimum absolute atomic E-state index is 0. The third kappa shape index (κ3) is 5.54. The Labute approximate surface area is 141 Å². The van der Waals surface area contributed by atoms with Crippen molar-refractivity contribution in [1.29, 1.82) is 0 Å². The molecule has 2 rings (SSSR count). The van der Waals surface area contributed by atoms with Gasteiger partial charge in [-0.1, -0.05) is 30.3 Å². The molecule has 6 heteroatoms. The Bertz CT molecular complexity index is 703. The molecule has 0 saturated carbocycles. The zero-order chi connectivity index (χ0) is 16.2. The van der Waals surface area contributed by atoms with Gasteiger partial charge in [-0.15, -0.1) is 12.4 Å². The van der Waals surface area contributed by atoms with E-state index in [0.29, 0.717) is 13.1 Å². The first-order chi connectivity index (χ1) is 10.4. The number of pyridine rings is 1. The van der Waals surface area contributed by atoms with Gasteiger partial charge in [0.15, 0.2) is 0 Å². The molecule has 0 unspecified atom stereocenters. The van der Waals surface area contributed by atoms with E-state index in [0.717, 1.165) is 11.1 Å². The lowest BCUT2D eigenvalue weighted by Crippen LogP contribution is -2.48. The fraction of sp³-hybridized carbons (Fsp3) is 0.294. The van der Waals surface area contributed by atoms with E-state index in [4.69, 9.17) is 5.73 Å². The van der Waals surface area contributed by atoms with Gasteiger partial charge in [0.2, 0.25) is 5.91 Å². The first-order valence-electron chi connectivity index (χ1n) is 7.17. The van der Waals surface area contributed by atoms with Crippen molar-refractivity contribution in [3.05, 3.63) is 70.1 Å². The first-order valence-corrected chi connectivity index (χ1v) is 7.17. The van der Waals surface area contributed by atoms with Gasteiger partial charge in [-0.3, -0.25) is 9.59 Å². The average molecular weight is 336 g/mol. The number of hydrogen-bond donors (Lipinski definition) is 2. The molecular weight excluding hydrogens is 314 g/mol. The number of aromatic nitrogens is 1. The molecule has 1 aromatic carbocycles. The van der Waals surface area contributed by atoms with E-state index in [1.807, 2.05) is 30.3 Å². The number of nitrogens with zero attached hydrogens (tertiary/aromatic N) is 1. The molecule has 0 aliphatic carbocycles. The quantitative estimate of drug-likeness (QED) is 0.872. The Morgan fingerprint density at radius 3 is 2.30 bits per heavy atom. The lowest BCUT2D eigenvalue weighted by molar-refractivity contribution is -0.125. The molecule has 23 heavy (non-hydrogen) atoms. The second-order valence-corrected chi connectivity index (χ2v) is 5.89. The summed E-state index contributed by atoms with van der Waals surface area (Å²) >= 11 is 0. The molecule has 0 atom stereocenters. The second kappa shape index (κ2) is 7.94. The molecule has 124 valence electrons. The lowest BCUT2D eigenvalue weighted by Gasteiger charge is -2.17. The van der Waals surface area contributed by atoms with Crippen LogP contribution < -0.4 is 16.6 Å². The third-order valence-electron chi connectivity index (χ3n) is 3.31. The molecule has 2 aromatic rings. The predicted octanol–water partition coefficient (Wildman–Crippen LogP) is 1.67. The minimum Gasteiger partial charge on any atom is -0.350 e. The van der Waals surface area contributed by atoms with Crippen molar-refractivity contribution in [2.24, 2.45) is 5.73 Å². The largest absolute Gasteiger partial charge is 0.350 e. The second-order valence-electron chi connectivity index (χ2n) is 5.89. The van der Waals surface area contributed by atoms with Crippen LogP contribution in [0.4, 0.5) is 0 Å². The van der Waals surface area contributed by atoms with Crippen LogP contribution in [-0.2, 0) is 17.9 Å². The molecule has 0 aliphatic heterocycles. The predicted molar refractivity (Wildman–Crippen MR) is 93.6 cm³/mol. The van der Waals surface area contributed by atoms with Crippen LogP contribution in [0, 0.1) is 0 Å². The summed E-state index contributed by atoms with van der Waals surface area (Å²) in [4.78, 5) is 23.4. The number of hydrogen-bond acceptors (Lipinski definition) is 3. The van der Waals surface area contributed by atoms with Crippen LogP contribution in [0.15, 0.2) is 53.5 Å². The van der Waals surface area contributed by atoms with E-state index in [1.165, 1.54) is 0 Å². The highest BCUT2D eigenvalue weighted by Crippen LogP contribution is 2.06. The van der Waals surface area contributed by atoms with Gasteiger partial charge in [0.05, 0.1) is 12.1 Å². The number of benzene rings is 1. The van der Waals surface area contributed by atoms with Crippen LogP contribution in [0.1, 0.15) is 25.0 Å². The minimum atomic E-state index is -0.881. The maximum absolute atomic E-state index is 11.7. The van der Waals surface area contributed by atoms with Gasteiger partial charge in [-0.05, 0) is 31.0 Å². The van der Waals surface area contributed by atoms with Crippen molar-refractivity contribution in [1.82, 2.24) is 9.88 Å². The fourth-order valence-electron chi connectivity index (χ4n) is 1.96.